The Labute approximate surface area is 118 Å². The highest BCUT2D eigenvalue weighted by Gasteiger charge is 2.35. The number of esters is 1. The molecule has 1 heterocycles. The third-order valence-corrected chi connectivity index (χ3v) is 4.69. The lowest BCUT2D eigenvalue weighted by Gasteiger charge is -2.38. The van der Waals surface area contributed by atoms with E-state index in [9.17, 15) is 4.79 Å². The summed E-state index contributed by atoms with van der Waals surface area (Å²) in [5, 5.41) is 0. The average Bonchev–Trinajstić information content (AvgIpc) is 2.24. The molecule has 112 valence electrons. The minimum atomic E-state index is -0.0703. The van der Waals surface area contributed by atoms with Crippen LogP contribution in [0.3, 0.4) is 0 Å². The van der Waals surface area contributed by atoms with Crippen LogP contribution in [-0.4, -0.2) is 25.3 Å². The van der Waals surface area contributed by atoms with Crippen molar-refractivity contribution in [3.8, 4) is 0 Å². The summed E-state index contributed by atoms with van der Waals surface area (Å²) >= 11 is 0. The van der Waals surface area contributed by atoms with E-state index in [4.69, 9.17) is 9.47 Å². The second-order valence-corrected chi connectivity index (χ2v) is 7.57. The molecule has 3 heteroatoms. The maximum Gasteiger partial charge on any atom is 0.306 e. The van der Waals surface area contributed by atoms with Gasteiger partial charge in [0, 0.05) is 6.61 Å². The van der Waals surface area contributed by atoms with E-state index >= 15 is 0 Å². The molecule has 0 aromatic carbocycles. The Hall–Kier alpha value is -0.570. The highest BCUT2D eigenvalue weighted by atomic mass is 16.5. The van der Waals surface area contributed by atoms with Gasteiger partial charge in [-0.1, -0.05) is 34.6 Å². The largest absolute Gasteiger partial charge is 0.465 e. The normalized spacial score (nSPS) is 25.2. The van der Waals surface area contributed by atoms with Gasteiger partial charge >= 0.3 is 5.97 Å². The minimum Gasteiger partial charge on any atom is -0.465 e. The number of carbonyl (C=O) groups is 1. The van der Waals surface area contributed by atoms with Crippen LogP contribution in [0.4, 0.5) is 0 Å². The highest BCUT2D eigenvalue weighted by Crippen LogP contribution is 2.40. The first-order valence-corrected chi connectivity index (χ1v) is 7.39. The van der Waals surface area contributed by atoms with Gasteiger partial charge in [-0.2, -0.15) is 0 Å². The Bertz CT molecular complexity index is 302. The Balaban J connectivity index is 2.36. The van der Waals surface area contributed by atoms with Crippen LogP contribution < -0.4 is 0 Å². The van der Waals surface area contributed by atoms with Crippen LogP contribution in [0.1, 0.15) is 60.8 Å². The molecule has 1 rings (SSSR count). The van der Waals surface area contributed by atoms with E-state index in [1.807, 2.05) is 0 Å². The van der Waals surface area contributed by atoms with E-state index < -0.39 is 0 Å². The third-order valence-electron chi connectivity index (χ3n) is 4.69. The van der Waals surface area contributed by atoms with Gasteiger partial charge in [-0.05, 0) is 36.5 Å². The minimum absolute atomic E-state index is 0.0486. The van der Waals surface area contributed by atoms with E-state index in [-0.39, 0.29) is 16.8 Å². The molecule has 2 atom stereocenters. The fourth-order valence-electron chi connectivity index (χ4n) is 2.13. The molecule has 0 spiro atoms. The summed E-state index contributed by atoms with van der Waals surface area (Å²) in [6.07, 6.45) is 2.77. The van der Waals surface area contributed by atoms with Crippen molar-refractivity contribution in [2.24, 2.45) is 16.7 Å². The Kier molecular flexibility index (Phi) is 5.43. The second-order valence-electron chi connectivity index (χ2n) is 7.57. The van der Waals surface area contributed by atoms with Gasteiger partial charge < -0.3 is 9.47 Å². The molecule has 1 fully saturated rings. The van der Waals surface area contributed by atoms with E-state index in [1.54, 1.807) is 0 Å². The third kappa shape index (κ3) is 5.13. The van der Waals surface area contributed by atoms with Crippen LogP contribution in [0.25, 0.3) is 0 Å². The second kappa shape index (κ2) is 6.25. The molecule has 1 aliphatic rings. The summed E-state index contributed by atoms with van der Waals surface area (Å²) in [7, 11) is 0. The molecule has 0 aromatic heterocycles. The van der Waals surface area contributed by atoms with Crippen LogP contribution in [0.2, 0.25) is 0 Å². The lowest BCUT2D eigenvalue weighted by molar-refractivity contribution is -0.150. The predicted molar refractivity (Wildman–Crippen MR) is 77.0 cm³/mol. The predicted octanol–water partition coefficient (Wildman–Crippen LogP) is 3.81. The van der Waals surface area contributed by atoms with Gasteiger partial charge in [-0.25, -0.2) is 0 Å². The van der Waals surface area contributed by atoms with Crippen LogP contribution in [0, 0.1) is 16.7 Å². The molecule has 0 aromatic rings. The Morgan fingerprint density at radius 1 is 1.26 bits per heavy atom. The van der Waals surface area contributed by atoms with Crippen molar-refractivity contribution in [2.75, 3.05) is 13.2 Å². The molecule has 1 saturated heterocycles. The molecule has 0 radical (unpaired) electrons. The Morgan fingerprint density at radius 2 is 1.89 bits per heavy atom. The zero-order valence-corrected chi connectivity index (χ0v) is 13.4. The SMILES string of the molecule is CC1CC(COC(=O)CC(C)(C)C(C)(C)C)CCO1. The number of hydrogen-bond acceptors (Lipinski definition) is 3. The lowest BCUT2D eigenvalue weighted by atomic mass is 9.67. The van der Waals surface area contributed by atoms with Crippen LogP contribution in [-0.2, 0) is 14.3 Å². The van der Waals surface area contributed by atoms with Gasteiger partial charge in [0.1, 0.15) is 0 Å². The summed E-state index contributed by atoms with van der Waals surface area (Å²) in [6.45, 7) is 14.2. The quantitative estimate of drug-likeness (QED) is 0.729. The molecule has 0 saturated carbocycles. The van der Waals surface area contributed by atoms with E-state index in [2.05, 4.69) is 41.5 Å². The molecule has 0 aliphatic carbocycles. The van der Waals surface area contributed by atoms with Crippen molar-refractivity contribution >= 4 is 5.97 Å². The number of carbonyl (C=O) groups excluding carboxylic acids is 1. The van der Waals surface area contributed by atoms with E-state index in [1.165, 1.54) is 0 Å². The first kappa shape index (κ1) is 16.5. The maximum absolute atomic E-state index is 12.0. The topological polar surface area (TPSA) is 35.5 Å². The summed E-state index contributed by atoms with van der Waals surface area (Å²) in [4.78, 5) is 12.0. The molecule has 1 aliphatic heterocycles. The van der Waals surface area contributed by atoms with Gasteiger partial charge in [0.25, 0.3) is 0 Å². The van der Waals surface area contributed by atoms with Crippen LogP contribution in [0.5, 0.6) is 0 Å². The van der Waals surface area contributed by atoms with Crippen LogP contribution in [0.15, 0.2) is 0 Å². The Morgan fingerprint density at radius 3 is 2.42 bits per heavy atom. The first-order valence-electron chi connectivity index (χ1n) is 7.39. The first-order chi connectivity index (χ1) is 8.62. The summed E-state index contributed by atoms with van der Waals surface area (Å²) in [5.41, 5.74) is 0.0479. The summed E-state index contributed by atoms with van der Waals surface area (Å²) in [6, 6.07) is 0. The van der Waals surface area contributed by atoms with Gasteiger partial charge in [-0.3, -0.25) is 4.79 Å². The van der Waals surface area contributed by atoms with Gasteiger partial charge in [-0.15, -0.1) is 0 Å². The highest BCUT2D eigenvalue weighted by molar-refractivity contribution is 5.70. The van der Waals surface area contributed by atoms with Gasteiger partial charge in [0.05, 0.1) is 19.1 Å². The van der Waals surface area contributed by atoms with Gasteiger partial charge in [0.2, 0.25) is 0 Å². The van der Waals surface area contributed by atoms with Crippen molar-refractivity contribution < 1.29 is 14.3 Å². The van der Waals surface area contributed by atoms with Crippen molar-refractivity contribution in [2.45, 2.75) is 66.9 Å². The van der Waals surface area contributed by atoms with Gasteiger partial charge in [0.15, 0.2) is 0 Å². The fourth-order valence-corrected chi connectivity index (χ4v) is 2.13. The molecule has 19 heavy (non-hydrogen) atoms. The van der Waals surface area contributed by atoms with Crippen molar-refractivity contribution in [1.29, 1.82) is 0 Å². The fraction of sp³-hybridized carbons (Fsp3) is 0.938. The molecular weight excluding hydrogens is 240 g/mol. The molecule has 0 bridgehead atoms. The lowest BCUT2D eigenvalue weighted by Crippen LogP contribution is -2.33. The zero-order chi connectivity index (χ0) is 14.7. The van der Waals surface area contributed by atoms with Crippen molar-refractivity contribution in [3.05, 3.63) is 0 Å². The number of ether oxygens (including phenoxy) is 2. The summed E-state index contributed by atoms with van der Waals surface area (Å²) < 4.78 is 11.0. The number of hydrogen-bond donors (Lipinski definition) is 0. The van der Waals surface area contributed by atoms with Crippen molar-refractivity contribution in [1.82, 2.24) is 0 Å². The number of rotatable bonds is 4. The molecular formula is C16H30O3. The average molecular weight is 270 g/mol. The monoisotopic (exact) mass is 270 g/mol. The molecule has 3 nitrogen and oxygen atoms in total. The van der Waals surface area contributed by atoms with E-state index in [0.29, 0.717) is 25.0 Å². The standard InChI is InChI=1S/C16H30O3/c1-12-9-13(7-8-18-12)11-19-14(17)10-16(5,6)15(2,3)4/h12-13H,7-11H2,1-6H3. The van der Waals surface area contributed by atoms with E-state index in [0.717, 1.165) is 19.4 Å². The smallest absolute Gasteiger partial charge is 0.306 e. The van der Waals surface area contributed by atoms with Crippen LogP contribution >= 0.6 is 0 Å². The molecule has 2 unspecified atom stereocenters. The van der Waals surface area contributed by atoms with Crippen molar-refractivity contribution in [3.63, 3.8) is 0 Å². The maximum atomic E-state index is 12.0. The summed E-state index contributed by atoms with van der Waals surface area (Å²) in [5.74, 6) is 0.393. The molecule has 0 N–H and O–H groups in total. The zero-order valence-electron chi connectivity index (χ0n) is 13.4. The molecule has 0 amide bonds.